The van der Waals surface area contributed by atoms with Crippen molar-refractivity contribution >= 4 is 5.76 Å². The highest BCUT2D eigenvalue weighted by atomic mass is 16.7. The lowest BCUT2D eigenvalue weighted by Gasteiger charge is -2.41. The Hall–Kier alpha value is -3.62. The van der Waals surface area contributed by atoms with Crippen molar-refractivity contribution in [2.24, 2.45) is 0 Å². The van der Waals surface area contributed by atoms with Crippen LogP contribution in [0.25, 0.3) is 5.76 Å². The Morgan fingerprint density at radius 3 is 1.87 bits per heavy atom. The molecule has 17 nitrogen and oxygen atoms in total. The number of fused-ring (bicyclic) bond motifs is 1. The molecule has 1 unspecified atom stereocenters. The maximum Gasteiger partial charge on any atom is 0.229 e. The van der Waals surface area contributed by atoms with Gasteiger partial charge in [-0.1, -0.05) is 0 Å². The van der Waals surface area contributed by atoms with Gasteiger partial charge in [0.1, 0.15) is 66.5 Å². The Bertz CT molecular complexity index is 1380. The van der Waals surface area contributed by atoms with Crippen LogP contribution in [0.15, 0.2) is 53.2 Å². The molecular formula is C28H34O17. The molecule has 0 amide bonds. The van der Waals surface area contributed by atoms with Gasteiger partial charge in [0, 0.05) is 23.3 Å². The highest BCUT2D eigenvalue weighted by Crippen LogP contribution is 2.44. The fraction of sp³-hybridized carbons (Fsp3) is 0.500. The largest absolute Gasteiger partial charge is 0.508 e. The number of allylic oxidation sites excluding steroid dienone is 2. The lowest BCUT2D eigenvalue weighted by Crippen LogP contribution is -2.59. The average Bonchev–Trinajstić information content (AvgIpc) is 3.02. The first-order chi connectivity index (χ1) is 21.4. The lowest BCUT2D eigenvalue weighted by molar-refractivity contribution is -0.291. The molecule has 17 heteroatoms. The summed E-state index contributed by atoms with van der Waals surface area (Å²) in [5.41, 5.74) is 0.152. The fourth-order valence-corrected chi connectivity index (χ4v) is 5.15. The van der Waals surface area contributed by atoms with Gasteiger partial charge in [-0.3, -0.25) is 0 Å². The van der Waals surface area contributed by atoms with E-state index in [-0.39, 0.29) is 39.9 Å². The van der Waals surface area contributed by atoms with Crippen LogP contribution in [0.3, 0.4) is 0 Å². The van der Waals surface area contributed by atoms with E-state index < -0.39 is 92.2 Å². The van der Waals surface area contributed by atoms with Crippen LogP contribution in [0, 0.1) is 0 Å². The van der Waals surface area contributed by atoms with Crippen LogP contribution in [0.1, 0.15) is 5.56 Å². The van der Waals surface area contributed by atoms with Gasteiger partial charge in [0.15, 0.2) is 23.0 Å². The van der Waals surface area contributed by atoms with Crippen molar-refractivity contribution in [2.45, 2.75) is 67.5 Å². The number of ether oxygens (including phenoxy) is 6. The summed E-state index contributed by atoms with van der Waals surface area (Å²) in [5.74, 6) is -2.36. The molecule has 0 saturated carbocycles. The van der Waals surface area contributed by atoms with Gasteiger partial charge < -0.3 is 84.6 Å². The summed E-state index contributed by atoms with van der Waals surface area (Å²) in [5, 5.41) is 112. The zero-order chi connectivity index (χ0) is 32.7. The van der Waals surface area contributed by atoms with Crippen molar-refractivity contribution in [1.29, 1.82) is 0 Å². The number of aliphatic hydroxyl groups excluding tert-OH is 9. The molecule has 1 aliphatic carbocycles. The van der Waals surface area contributed by atoms with E-state index in [1.54, 1.807) is 0 Å². The molecule has 248 valence electrons. The van der Waals surface area contributed by atoms with Crippen molar-refractivity contribution in [3.05, 3.63) is 58.8 Å². The molecule has 0 spiro atoms. The van der Waals surface area contributed by atoms with Gasteiger partial charge in [-0.25, -0.2) is 0 Å². The van der Waals surface area contributed by atoms with Crippen LogP contribution in [0.4, 0.5) is 0 Å². The van der Waals surface area contributed by atoms with Crippen molar-refractivity contribution in [2.75, 3.05) is 20.3 Å². The molecule has 4 aliphatic rings. The molecule has 11 atom stereocenters. The number of benzene rings is 1. The van der Waals surface area contributed by atoms with Gasteiger partial charge >= 0.3 is 0 Å². The summed E-state index contributed by atoms with van der Waals surface area (Å²) in [7, 11) is 1.23. The number of aliphatic hydroxyl groups is 9. The van der Waals surface area contributed by atoms with E-state index >= 15 is 0 Å². The van der Waals surface area contributed by atoms with Crippen LogP contribution in [-0.2, 0) is 23.7 Å². The van der Waals surface area contributed by atoms with E-state index in [1.165, 1.54) is 25.3 Å². The van der Waals surface area contributed by atoms with Gasteiger partial charge in [0.2, 0.25) is 18.3 Å². The molecule has 3 aliphatic heterocycles. The van der Waals surface area contributed by atoms with E-state index in [9.17, 15) is 56.2 Å². The smallest absolute Gasteiger partial charge is 0.229 e. The number of phenols is 2. The molecule has 2 fully saturated rings. The van der Waals surface area contributed by atoms with E-state index in [0.29, 0.717) is 0 Å². The number of aromatic hydroxyl groups is 2. The van der Waals surface area contributed by atoms with Gasteiger partial charge in [-0.15, -0.1) is 0 Å². The Labute approximate surface area is 254 Å². The molecule has 0 bridgehead atoms. The third-order valence-electron chi connectivity index (χ3n) is 7.67. The predicted octanol–water partition coefficient (Wildman–Crippen LogP) is -2.93. The van der Waals surface area contributed by atoms with Crippen LogP contribution < -0.4 is 4.74 Å². The number of methoxy groups -OCH3 is 1. The second-order valence-corrected chi connectivity index (χ2v) is 10.6. The summed E-state index contributed by atoms with van der Waals surface area (Å²) in [6.07, 6.45) is -14.1. The molecule has 0 radical (unpaired) electrons. The molecule has 45 heavy (non-hydrogen) atoms. The summed E-state index contributed by atoms with van der Waals surface area (Å²) < 4.78 is 33.8. The maximum absolute atomic E-state index is 10.6. The van der Waals surface area contributed by atoms with Gasteiger partial charge in [0.25, 0.3) is 0 Å². The highest BCUT2D eigenvalue weighted by molar-refractivity contribution is 5.72. The Morgan fingerprint density at radius 2 is 1.31 bits per heavy atom. The number of hydrogen-bond acceptors (Lipinski definition) is 17. The maximum atomic E-state index is 10.6. The summed E-state index contributed by atoms with van der Waals surface area (Å²) in [4.78, 5) is 0. The molecule has 3 heterocycles. The minimum Gasteiger partial charge on any atom is -0.508 e. The fourth-order valence-electron chi connectivity index (χ4n) is 5.15. The molecular weight excluding hydrogens is 608 g/mol. The molecule has 1 aromatic rings. The first kappa shape index (κ1) is 32.8. The van der Waals surface area contributed by atoms with Crippen molar-refractivity contribution in [3.8, 4) is 17.2 Å². The predicted molar refractivity (Wildman–Crippen MR) is 145 cm³/mol. The highest BCUT2D eigenvalue weighted by Gasteiger charge is 2.47. The third-order valence-corrected chi connectivity index (χ3v) is 7.67. The van der Waals surface area contributed by atoms with Gasteiger partial charge in [-0.2, -0.15) is 0 Å². The van der Waals surface area contributed by atoms with Crippen LogP contribution in [0.2, 0.25) is 0 Å². The minimum atomic E-state index is -1.84. The summed E-state index contributed by atoms with van der Waals surface area (Å²) in [6, 6.07) is 2.36. The van der Waals surface area contributed by atoms with Crippen molar-refractivity contribution in [3.63, 3.8) is 0 Å². The average molecular weight is 643 g/mol. The van der Waals surface area contributed by atoms with Crippen LogP contribution in [-0.4, -0.2) is 144 Å². The Balaban J connectivity index is 1.57. The summed E-state index contributed by atoms with van der Waals surface area (Å²) >= 11 is 0. The topological polar surface area (TPSA) is 278 Å². The first-order valence-electron chi connectivity index (χ1n) is 13.7. The van der Waals surface area contributed by atoms with Crippen LogP contribution >= 0.6 is 0 Å². The van der Waals surface area contributed by atoms with Gasteiger partial charge in [-0.05, 0) is 18.2 Å². The lowest BCUT2D eigenvalue weighted by atomic mass is 9.96. The standard InChI is InChI=1S/C28H34O17/c1-40-15-3-9(2-12(32)19(15)33)26-16(43-28-25(39)23(37)21(35)18(8-30)45-28)6-11-13(41-26)4-10(31)5-14(11)42-27-24(38)22(36)20(34)17(7-29)44-27/h2-6,13,17-18,20-25,27-39H,7-8H2,1H3/t13?,17-,18-,20-,21-,22+,23+,24-,25-,27-,28-/m1/s1. The molecule has 1 aromatic carbocycles. The Morgan fingerprint density at radius 1 is 0.733 bits per heavy atom. The van der Waals surface area contributed by atoms with Crippen molar-refractivity contribution < 1.29 is 84.6 Å². The van der Waals surface area contributed by atoms with Crippen LogP contribution in [0.5, 0.6) is 17.2 Å². The molecule has 5 rings (SSSR count). The summed E-state index contributed by atoms with van der Waals surface area (Å²) in [6.45, 7) is -1.47. The number of hydrogen-bond donors (Lipinski definition) is 11. The second kappa shape index (κ2) is 13.0. The van der Waals surface area contributed by atoms with Crippen molar-refractivity contribution in [1.82, 2.24) is 0 Å². The SMILES string of the molecule is COc1cc(C2=C(O[C@@H]3O[C@H](CO)[C@@H](O)[C@H](O)[C@H]3O)C=C3C(O[C@@H]4O[C@H](CO)[C@@H](O)[C@H](O)[C@H]4O)=CC(O)=CC3O2)cc(O)c1O. The quantitative estimate of drug-likeness (QED) is 0.127. The first-order valence-corrected chi connectivity index (χ1v) is 13.7. The van der Waals surface area contributed by atoms with Gasteiger partial charge in [0.05, 0.1) is 20.3 Å². The Kier molecular flexibility index (Phi) is 9.47. The second-order valence-electron chi connectivity index (χ2n) is 10.6. The van der Waals surface area contributed by atoms with E-state index in [4.69, 9.17) is 28.4 Å². The molecule has 0 aromatic heterocycles. The zero-order valence-electron chi connectivity index (χ0n) is 23.5. The normalized spacial score (nSPS) is 36.6. The molecule has 11 N–H and O–H groups in total. The van der Waals surface area contributed by atoms with E-state index in [2.05, 4.69) is 0 Å². The number of rotatable bonds is 8. The monoisotopic (exact) mass is 642 g/mol. The minimum absolute atomic E-state index is 0.0517. The third kappa shape index (κ3) is 6.15. The van der Waals surface area contributed by atoms with E-state index in [1.807, 2.05) is 0 Å². The number of phenolic OH excluding ortho intramolecular Hbond substituents is 2. The van der Waals surface area contributed by atoms with E-state index in [0.717, 1.165) is 12.1 Å². The zero-order valence-corrected chi connectivity index (χ0v) is 23.5. The molecule has 2 saturated heterocycles.